The lowest BCUT2D eigenvalue weighted by Crippen LogP contribution is -1.86. The molecule has 0 aliphatic rings. The highest BCUT2D eigenvalue weighted by Gasteiger charge is 1.99. The summed E-state index contributed by atoms with van der Waals surface area (Å²) in [6.07, 6.45) is 5.13. The topological polar surface area (TPSA) is 0 Å². The van der Waals surface area contributed by atoms with Gasteiger partial charge in [-0.05, 0) is 35.1 Å². The lowest BCUT2D eigenvalue weighted by atomic mass is 10.0. The third-order valence-electron chi connectivity index (χ3n) is 3.46. The summed E-state index contributed by atoms with van der Waals surface area (Å²) in [7, 11) is 0. The maximum Gasteiger partial charge on any atom is 0.0283 e. The largest absolute Gasteiger partial charge is 0.0876 e. The van der Waals surface area contributed by atoms with E-state index in [9.17, 15) is 0 Å². The van der Waals surface area contributed by atoms with Crippen LogP contribution in [0.3, 0.4) is 0 Å². The fraction of sp³-hybridized carbons (Fsp3) is 0.333. The van der Waals surface area contributed by atoms with Crippen molar-refractivity contribution in [3.8, 4) is 11.1 Å². The van der Waals surface area contributed by atoms with E-state index in [0.29, 0.717) is 0 Å². The van der Waals surface area contributed by atoms with Gasteiger partial charge in [-0.1, -0.05) is 84.2 Å². The first-order chi connectivity index (χ1) is 9.33. The molecule has 0 bridgehead atoms. The summed E-state index contributed by atoms with van der Waals surface area (Å²) in [4.78, 5) is 0. The van der Waals surface area contributed by atoms with E-state index in [2.05, 4.69) is 71.4 Å². The minimum atomic E-state index is 0.920. The van der Waals surface area contributed by atoms with Crippen molar-refractivity contribution in [2.24, 2.45) is 0 Å². The van der Waals surface area contributed by atoms with Crippen LogP contribution in [0.15, 0.2) is 48.5 Å². The lowest BCUT2D eigenvalue weighted by Gasteiger charge is -2.05. The van der Waals surface area contributed by atoms with E-state index < -0.39 is 0 Å². The molecule has 2 aromatic rings. The molecule has 19 heavy (non-hydrogen) atoms. The molecular formula is C18H21Br. The molecule has 0 aliphatic heterocycles. The zero-order valence-corrected chi connectivity index (χ0v) is 13.1. The maximum atomic E-state index is 3.48. The highest BCUT2D eigenvalue weighted by molar-refractivity contribution is 9.08. The van der Waals surface area contributed by atoms with Crippen LogP contribution in [0.5, 0.6) is 0 Å². The van der Waals surface area contributed by atoms with Gasteiger partial charge in [-0.2, -0.15) is 0 Å². The molecule has 2 aromatic carbocycles. The van der Waals surface area contributed by atoms with Crippen LogP contribution in [-0.4, -0.2) is 0 Å². The molecule has 0 aliphatic carbocycles. The monoisotopic (exact) mass is 316 g/mol. The second-order valence-electron chi connectivity index (χ2n) is 4.98. The smallest absolute Gasteiger partial charge is 0.0283 e. The van der Waals surface area contributed by atoms with E-state index in [1.165, 1.54) is 47.9 Å². The van der Waals surface area contributed by atoms with Gasteiger partial charge in [0.15, 0.2) is 0 Å². The van der Waals surface area contributed by atoms with E-state index in [1.807, 2.05) is 0 Å². The minimum absolute atomic E-state index is 0.920. The van der Waals surface area contributed by atoms with E-state index in [0.717, 1.165) is 5.33 Å². The number of hydrogen-bond donors (Lipinski definition) is 0. The Morgan fingerprint density at radius 1 is 0.737 bits per heavy atom. The number of aryl methyl sites for hydroxylation is 1. The van der Waals surface area contributed by atoms with Gasteiger partial charge < -0.3 is 0 Å². The van der Waals surface area contributed by atoms with Crippen molar-refractivity contribution in [1.29, 1.82) is 0 Å². The van der Waals surface area contributed by atoms with Gasteiger partial charge in [0.1, 0.15) is 0 Å². The van der Waals surface area contributed by atoms with Crippen LogP contribution in [0.2, 0.25) is 0 Å². The molecule has 0 nitrogen and oxygen atoms in total. The zero-order valence-electron chi connectivity index (χ0n) is 11.5. The Morgan fingerprint density at radius 2 is 1.26 bits per heavy atom. The zero-order chi connectivity index (χ0) is 13.5. The van der Waals surface area contributed by atoms with Crippen LogP contribution in [-0.2, 0) is 11.8 Å². The van der Waals surface area contributed by atoms with Crippen molar-refractivity contribution in [3.05, 3.63) is 59.7 Å². The number of unbranched alkanes of at least 4 members (excludes halogenated alkanes) is 2. The summed E-state index contributed by atoms with van der Waals surface area (Å²) in [5, 5.41) is 0.920. The van der Waals surface area contributed by atoms with Crippen LogP contribution in [0.4, 0.5) is 0 Å². The molecule has 0 saturated carbocycles. The maximum absolute atomic E-state index is 3.48. The average molecular weight is 317 g/mol. The van der Waals surface area contributed by atoms with Gasteiger partial charge in [0, 0.05) is 5.33 Å². The number of benzene rings is 2. The quantitative estimate of drug-likeness (QED) is 0.454. The number of halogens is 1. The Balaban J connectivity index is 2.04. The summed E-state index contributed by atoms with van der Waals surface area (Å²) < 4.78 is 0. The normalized spacial score (nSPS) is 10.6. The molecule has 0 aromatic heterocycles. The number of hydrogen-bond acceptors (Lipinski definition) is 0. The van der Waals surface area contributed by atoms with Gasteiger partial charge in [-0.15, -0.1) is 0 Å². The molecule has 0 spiro atoms. The van der Waals surface area contributed by atoms with Crippen molar-refractivity contribution in [3.63, 3.8) is 0 Å². The van der Waals surface area contributed by atoms with Gasteiger partial charge >= 0.3 is 0 Å². The predicted molar refractivity (Wildman–Crippen MR) is 87.7 cm³/mol. The molecule has 0 atom stereocenters. The highest BCUT2D eigenvalue weighted by Crippen LogP contribution is 2.21. The average Bonchev–Trinajstić information content (AvgIpc) is 2.48. The number of alkyl halides is 1. The lowest BCUT2D eigenvalue weighted by molar-refractivity contribution is 0.717. The summed E-state index contributed by atoms with van der Waals surface area (Å²) in [6.45, 7) is 2.25. The van der Waals surface area contributed by atoms with Gasteiger partial charge in [0.05, 0.1) is 0 Å². The van der Waals surface area contributed by atoms with Crippen LogP contribution in [0.25, 0.3) is 11.1 Å². The van der Waals surface area contributed by atoms with Crippen molar-refractivity contribution in [2.75, 3.05) is 0 Å². The molecule has 0 radical (unpaired) electrons. The van der Waals surface area contributed by atoms with Crippen LogP contribution in [0.1, 0.15) is 37.3 Å². The van der Waals surface area contributed by atoms with Gasteiger partial charge in [0.25, 0.3) is 0 Å². The molecular weight excluding hydrogens is 296 g/mol. The second kappa shape index (κ2) is 7.49. The third kappa shape index (κ3) is 4.21. The SMILES string of the molecule is CCCCCc1ccc(-c2ccc(CBr)cc2)cc1. The second-order valence-corrected chi connectivity index (χ2v) is 5.55. The highest BCUT2D eigenvalue weighted by atomic mass is 79.9. The molecule has 0 heterocycles. The van der Waals surface area contributed by atoms with E-state index in [-0.39, 0.29) is 0 Å². The van der Waals surface area contributed by atoms with E-state index >= 15 is 0 Å². The Bertz CT molecular complexity index is 482. The molecule has 0 unspecified atom stereocenters. The number of rotatable bonds is 6. The Morgan fingerprint density at radius 3 is 1.74 bits per heavy atom. The molecule has 0 fully saturated rings. The molecule has 1 heteroatoms. The minimum Gasteiger partial charge on any atom is -0.0876 e. The first kappa shape index (κ1) is 14.3. The predicted octanol–water partition coefficient (Wildman–Crippen LogP) is 5.98. The van der Waals surface area contributed by atoms with Crippen molar-refractivity contribution in [2.45, 2.75) is 37.9 Å². The molecule has 0 N–H and O–H groups in total. The van der Waals surface area contributed by atoms with Crippen LogP contribution < -0.4 is 0 Å². The standard InChI is InChI=1S/C18H21Br/c1-2-3-4-5-15-6-10-17(11-7-15)18-12-8-16(14-19)9-13-18/h6-13H,2-5,14H2,1H3. The van der Waals surface area contributed by atoms with Crippen molar-refractivity contribution >= 4 is 15.9 Å². The van der Waals surface area contributed by atoms with Crippen LogP contribution in [0, 0.1) is 0 Å². The van der Waals surface area contributed by atoms with Crippen molar-refractivity contribution < 1.29 is 0 Å². The fourth-order valence-electron chi connectivity index (χ4n) is 2.23. The molecule has 100 valence electrons. The molecule has 0 saturated heterocycles. The Kier molecular flexibility index (Phi) is 5.65. The van der Waals surface area contributed by atoms with Gasteiger partial charge in [0.2, 0.25) is 0 Å². The summed E-state index contributed by atoms with van der Waals surface area (Å²) in [5.74, 6) is 0. The Labute approximate surface area is 125 Å². The van der Waals surface area contributed by atoms with Gasteiger partial charge in [-0.25, -0.2) is 0 Å². The van der Waals surface area contributed by atoms with E-state index in [4.69, 9.17) is 0 Å². The first-order valence-corrected chi connectivity index (χ1v) is 8.20. The van der Waals surface area contributed by atoms with E-state index in [1.54, 1.807) is 0 Å². The Hall–Kier alpha value is -1.08. The summed E-state index contributed by atoms with van der Waals surface area (Å²) in [6, 6.07) is 17.8. The van der Waals surface area contributed by atoms with Crippen LogP contribution >= 0.6 is 15.9 Å². The van der Waals surface area contributed by atoms with Crippen molar-refractivity contribution in [1.82, 2.24) is 0 Å². The third-order valence-corrected chi connectivity index (χ3v) is 4.11. The molecule has 0 amide bonds. The van der Waals surface area contributed by atoms with Gasteiger partial charge in [-0.3, -0.25) is 0 Å². The molecule has 2 rings (SSSR count). The first-order valence-electron chi connectivity index (χ1n) is 7.07. The fourth-order valence-corrected chi connectivity index (χ4v) is 2.60. The summed E-state index contributed by atoms with van der Waals surface area (Å²) >= 11 is 3.48. The summed E-state index contributed by atoms with van der Waals surface area (Å²) in [5.41, 5.74) is 5.37.